The molecule has 9 nitrogen and oxygen atoms in total. The fraction of sp³-hybridized carbons (Fsp3) is 0.333. The number of benzene rings is 1. The summed E-state index contributed by atoms with van der Waals surface area (Å²) in [7, 11) is 1.18. The van der Waals surface area contributed by atoms with Gasteiger partial charge in [0.05, 0.1) is 38.4 Å². The lowest BCUT2D eigenvalue weighted by Gasteiger charge is -2.17. The summed E-state index contributed by atoms with van der Waals surface area (Å²) in [6.07, 6.45) is 3.40. The number of halogens is 1. The van der Waals surface area contributed by atoms with E-state index in [0.29, 0.717) is 17.5 Å². The van der Waals surface area contributed by atoms with Crippen LogP contribution in [0.1, 0.15) is 41.0 Å². The molecule has 2 amide bonds. The van der Waals surface area contributed by atoms with Gasteiger partial charge in [0, 0.05) is 45.9 Å². The summed E-state index contributed by atoms with van der Waals surface area (Å²) in [5.74, 6) is -2.66. The van der Waals surface area contributed by atoms with Crippen molar-refractivity contribution in [3.63, 3.8) is 0 Å². The van der Waals surface area contributed by atoms with Gasteiger partial charge in [0.1, 0.15) is 17.2 Å². The highest BCUT2D eigenvalue weighted by Crippen LogP contribution is 2.38. The topological polar surface area (TPSA) is 110 Å². The fourth-order valence-electron chi connectivity index (χ4n) is 3.12. The highest BCUT2D eigenvalue weighted by molar-refractivity contribution is 6.02. The van der Waals surface area contributed by atoms with Crippen molar-refractivity contribution in [2.75, 3.05) is 24.7 Å². The van der Waals surface area contributed by atoms with E-state index in [0.717, 1.165) is 18.5 Å². The number of nitrogens with zero attached hydrogens (tertiary/aromatic N) is 3. The number of aryl methyl sites for hydroxylation is 1. The number of ether oxygens (including phenoxy) is 1. The van der Waals surface area contributed by atoms with Gasteiger partial charge >= 0.3 is 0 Å². The lowest BCUT2D eigenvalue weighted by Crippen LogP contribution is -2.20. The van der Waals surface area contributed by atoms with E-state index in [-0.39, 0.29) is 51.2 Å². The zero-order chi connectivity index (χ0) is 28.9. The number of carbonyl (C=O) groups is 2. The molecule has 1 aliphatic rings. The van der Waals surface area contributed by atoms with Gasteiger partial charge in [-0.2, -0.15) is 5.10 Å². The Kier molecular flexibility index (Phi) is 3.41. The molecule has 0 unspecified atom stereocenters. The number of hydrogen-bond donors (Lipinski definition) is 3. The van der Waals surface area contributed by atoms with Gasteiger partial charge in [-0.15, -0.1) is 0 Å². The molecule has 0 saturated heterocycles. The third kappa shape index (κ3) is 3.88. The molecule has 4 rings (SSSR count). The third-order valence-corrected chi connectivity index (χ3v) is 4.80. The average Bonchev–Trinajstić information content (AvgIpc) is 3.56. The summed E-state index contributed by atoms with van der Waals surface area (Å²) in [4.78, 5) is 29.0. The zero-order valence-electron chi connectivity index (χ0n) is 24.2. The molecule has 3 N–H and O–H groups in total. The van der Waals surface area contributed by atoms with E-state index >= 15 is 4.39 Å². The van der Waals surface area contributed by atoms with Gasteiger partial charge in [-0.3, -0.25) is 14.3 Å². The SMILES string of the molecule is [2H]C([2H])([2H])NC(=O)c1cnc(NC(=O)C2CC2)cc1Nc1cc(F)c2cnn(C([2H])([2H])C([2H])([2H])[2H])c2c1OC. The Labute approximate surface area is 189 Å². The van der Waals surface area contributed by atoms with E-state index in [2.05, 4.69) is 20.7 Å². The number of methoxy groups -OCH3 is 1. The van der Waals surface area contributed by atoms with Crippen LogP contribution in [0.4, 0.5) is 21.6 Å². The fourth-order valence-corrected chi connectivity index (χ4v) is 3.12. The first-order valence-electron chi connectivity index (χ1n) is 13.2. The minimum Gasteiger partial charge on any atom is -0.492 e. The van der Waals surface area contributed by atoms with Crippen molar-refractivity contribution in [1.29, 1.82) is 0 Å². The van der Waals surface area contributed by atoms with E-state index in [1.165, 1.54) is 13.2 Å². The second-order valence-electron chi connectivity index (χ2n) is 6.83. The Balaban J connectivity index is 1.85. The van der Waals surface area contributed by atoms with E-state index in [4.69, 9.17) is 15.7 Å². The number of hydrogen-bond acceptors (Lipinski definition) is 6. The maximum atomic E-state index is 15.2. The molecule has 1 fully saturated rings. The van der Waals surface area contributed by atoms with Crippen LogP contribution in [0.2, 0.25) is 0 Å². The number of rotatable bonds is 7. The predicted molar refractivity (Wildman–Crippen MR) is 114 cm³/mol. The predicted octanol–water partition coefficient (Wildman–Crippen LogP) is 3.05. The highest BCUT2D eigenvalue weighted by atomic mass is 19.1. The van der Waals surface area contributed by atoms with Gasteiger partial charge < -0.3 is 20.7 Å². The molecule has 3 aromatic rings. The minimum absolute atomic E-state index is 0.0177. The van der Waals surface area contributed by atoms with Crippen molar-refractivity contribution in [3.05, 3.63) is 35.9 Å². The molecule has 2 aromatic heterocycles. The van der Waals surface area contributed by atoms with Crippen LogP contribution in [0.15, 0.2) is 24.5 Å². The maximum absolute atomic E-state index is 15.2. The Morgan fingerprint density at radius 2 is 2.19 bits per heavy atom. The standard InChI is InChI=1S/C21H23FN6O3/c1-4-28-18-12(10-25-28)14(22)7-16(19(18)31-3)26-15-8-17(27-20(29)11-5-6-11)24-9-13(15)21(30)23-2/h7-11H,4-6H2,1-3H3,(H,23,30)(H2,24,26,27,29)/i1D3,2D3,4D2. The molecule has 0 bridgehead atoms. The molecular weight excluding hydrogens is 403 g/mol. The molecule has 0 radical (unpaired) electrons. The number of fused-ring (bicyclic) bond motifs is 1. The zero-order valence-corrected chi connectivity index (χ0v) is 16.2. The molecular formula is C21H23FN6O3. The van der Waals surface area contributed by atoms with E-state index in [1.807, 2.05) is 5.32 Å². The second kappa shape index (κ2) is 8.21. The van der Waals surface area contributed by atoms with Crippen LogP contribution in [-0.4, -0.2) is 40.7 Å². The van der Waals surface area contributed by atoms with Crippen molar-refractivity contribution < 1.29 is 29.7 Å². The monoisotopic (exact) mass is 434 g/mol. The van der Waals surface area contributed by atoms with Gasteiger partial charge in [0.15, 0.2) is 5.75 Å². The van der Waals surface area contributed by atoms with Crippen LogP contribution in [0, 0.1) is 11.7 Å². The second-order valence-corrected chi connectivity index (χ2v) is 6.83. The van der Waals surface area contributed by atoms with Crippen molar-refractivity contribution in [2.45, 2.75) is 26.2 Å². The van der Waals surface area contributed by atoms with Crippen molar-refractivity contribution in [2.24, 2.45) is 5.92 Å². The van der Waals surface area contributed by atoms with Gasteiger partial charge in [-0.05, 0) is 19.7 Å². The molecule has 31 heavy (non-hydrogen) atoms. The van der Waals surface area contributed by atoms with Gasteiger partial charge in [-0.25, -0.2) is 9.37 Å². The van der Waals surface area contributed by atoms with E-state index in [1.54, 1.807) is 0 Å². The number of carbonyl (C=O) groups excluding carboxylic acids is 2. The smallest absolute Gasteiger partial charge is 0.254 e. The molecule has 1 saturated carbocycles. The Hall–Kier alpha value is -3.69. The Morgan fingerprint density at radius 1 is 1.35 bits per heavy atom. The number of nitrogens with one attached hydrogen (secondary N) is 3. The highest BCUT2D eigenvalue weighted by Gasteiger charge is 2.30. The quantitative estimate of drug-likeness (QED) is 0.527. The van der Waals surface area contributed by atoms with Gasteiger partial charge in [-0.1, -0.05) is 0 Å². The van der Waals surface area contributed by atoms with Gasteiger partial charge in [0.25, 0.3) is 5.91 Å². The first-order valence-corrected chi connectivity index (χ1v) is 9.18. The number of amides is 2. The summed E-state index contributed by atoms with van der Waals surface area (Å²) in [6.45, 7) is -9.09. The van der Waals surface area contributed by atoms with E-state index in [9.17, 15) is 9.59 Å². The Morgan fingerprint density at radius 3 is 2.90 bits per heavy atom. The summed E-state index contributed by atoms with van der Waals surface area (Å²) in [6, 6.07) is 2.18. The van der Waals surface area contributed by atoms with Crippen molar-refractivity contribution in [3.8, 4) is 5.75 Å². The summed E-state index contributed by atoms with van der Waals surface area (Å²) < 4.78 is 82.0. The summed E-state index contributed by atoms with van der Waals surface area (Å²) in [5.41, 5.74) is -0.908. The van der Waals surface area contributed by atoms with Gasteiger partial charge in [0.2, 0.25) is 5.91 Å². The van der Waals surface area contributed by atoms with Crippen LogP contribution < -0.4 is 20.7 Å². The molecule has 162 valence electrons. The average molecular weight is 435 g/mol. The number of anilines is 3. The van der Waals surface area contributed by atoms with Crippen LogP contribution in [-0.2, 0) is 11.3 Å². The summed E-state index contributed by atoms with van der Waals surface area (Å²) in [5, 5.41) is 10.7. The first kappa shape index (κ1) is 12.9. The maximum Gasteiger partial charge on any atom is 0.254 e. The molecule has 1 aliphatic carbocycles. The van der Waals surface area contributed by atoms with Crippen molar-refractivity contribution >= 4 is 39.9 Å². The largest absolute Gasteiger partial charge is 0.492 e. The third-order valence-electron chi connectivity index (χ3n) is 4.80. The number of aromatic nitrogens is 3. The van der Waals surface area contributed by atoms with Crippen LogP contribution >= 0.6 is 0 Å². The lowest BCUT2D eigenvalue weighted by atomic mass is 10.1. The number of pyridine rings is 1. The van der Waals surface area contributed by atoms with Crippen molar-refractivity contribution in [1.82, 2.24) is 20.1 Å². The molecule has 0 aliphatic heterocycles. The molecule has 10 heteroatoms. The first-order chi connectivity index (χ1) is 18.0. The van der Waals surface area contributed by atoms with Crippen LogP contribution in [0.25, 0.3) is 10.9 Å². The molecule has 0 spiro atoms. The molecule has 2 heterocycles. The van der Waals surface area contributed by atoms with Crippen LogP contribution in [0.5, 0.6) is 5.75 Å². The lowest BCUT2D eigenvalue weighted by molar-refractivity contribution is -0.117. The normalized spacial score (nSPS) is 18.3. The molecule has 0 atom stereocenters. The summed E-state index contributed by atoms with van der Waals surface area (Å²) >= 11 is 0. The minimum atomic E-state index is -3.18. The molecule has 1 aromatic carbocycles. The van der Waals surface area contributed by atoms with E-state index < -0.39 is 32.0 Å². The van der Waals surface area contributed by atoms with Crippen LogP contribution in [0.3, 0.4) is 0 Å². The Bertz CT molecular complexity index is 1450.